The second-order valence-corrected chi connectivity index (χ2v) is 4.90. The van der Waals surface area contributed by atoms with Gasteiger partial charge in [-0.3, -0.25) is 14.4 Å². The maximum Gasteiger partial charge on any atom is 0.243 e. The Kier molecular flexibility index (Phi) is 4.17. The molecule has 1 saturated heterocycles. The average molecular weight is 274 g/mol. The molecule has 1 aliphatic heterocycles. The number of carbonyl (C=O) groups is 3. The van der Waals surface area contributed by atoms with E-state index in [9.17, 15) is 14.4 Å². The maximum absolute atomic E-state index is 12.2. The van der Waals surface area contributed by atoms with Gasteiger partial charge in [-0.2, -0.15) is 0 Å². The number of hydrogen-bond acceptors (Lipinski definition) is 3. The fourth-order valence-electron chi connectivity index (χ4n) is 2.28. The summed E-state index contributed by atoms with van der Waals surface area (Å²) in [5.41, 5.74) is 1.48. The van der Waals surface area contributed by atoms with Gasteiger partial charge in [0.05, 0.1) is 13.1 Å². The fraction of sp³-hybridized carbons (Fsp3) is 0.400. The second kappa shape index (κ2) is 5.86. The van der Waals surface area contributed by atoms with Crippen molar-refractivity contribution in [3.8, 4) is 0 Å². The summed E-state index contributed by atoms with van der Waals surface area (Å²) in [4.78, 5) is 38.8. The van der Waals surface area contributed by atoms with Gasteiger partial charge >= 0.3 is 0 Å². The van der Waals surface area contributed by atoms with Crippen LogP contribution in [0.1, 0.15) is 22.8 Å². The number of piperazine rings is 1. The number of likely N-dealkylation sites (N-methyl/N-ethyl adjacent to an activating group) is 1. The van der Waals surface area contributed by atoms with Crippen LogP contribution in [0.4, 0.5) is 0 Å². The van der Waals surface area contributed by atoms with Crippen LogP contribution in [0.15, 0.2) is 24.3 Å². The average Bonchev–Trinajstić information content (AvgIpc) is 2.42. The van der Waals surface area contributed by atoms with Crippen LogP contribution in [-0.4, -0.2) is 53.6 Å². The third-order valence-corrected chi connectivity index (χ3v) is 3.52. The standard InChI is InChI=1S/C15H18N2O3/c1-3-16-9-15(20)17(10-14(16)19)8-13(18)12-7-5-4-6-11(12)2/h4-7H,3,8-10H2,1-2H3. The van der Waals surface area contributed by atoms with Gasteiger partial charge in [0.1, 0.15) is 6.54 Å². The minimum atomic E-state index is -0.173. The first-order valence-corrected chi connectivity index (χ1v) is 6.67. The van der Waals surface area contributed by atoms with Crippen molar-refractivity contribution in [2.75, 3.05) is 26.2 Å². The number of carbonyl (C=O) groups excluding carboxylic acids is 3. The van der Waals surface area contributed by atoms with Crippen LogP contribution in [-0.2, 0) is 9.59 Å². The highest BCUT2D eigenvalue weighted by Gasteiger charge is 2.30. The summed E-state index contributed by atoms with van der Waals surface area (Å²) < 4.78 is 0. The summed E-state index contributed by atoms with van der Waals surface area (Å²) in [6.07, 6.45) is 0. The van der Waals surface area contributed by atoms with Crippen molar-refractivity contribution in [2.45, 2.75) is 13.8 Å². The molecule has 0 bridgehead atoms. The number of rotatable bonds is 4. The zero-order chi connectivity index (χ0) is 14.7. The Morgan fingerprint density at radius 2 is 1.70 bits per heavy atom. The molecule has 0 unspecified atom stereocenters. The van der Waals surface area contributed by atoms with Gasteiger partial charge in [0.2, 0.25) is 11.8 Å². The molecule has 2 rings (SSSR count). The lowest BCUT2D eigenvalue weighted by Gasteiger charge is -2.32. The van der Waals surface area contributed by atoms with E-state index in [-0.39, 0.29) is 37.2 Å². The Morgan fingerprint density at radius 1 is 1.10 bits per heavy atom. The van der Waals surface area contributed by atoms with Gasteiger partial charge in [-0.15, -0.1) is 0 Å². The first-order chi connectivity index (χ1) is 9.52. The summed E-state index contributed by atoms with van der Waals surface area (Å²) in [6.45, 7) is 4.23. The molecule has 1 aliphatic rings. The summed E-state index contributed by atoms with van der Waals surface area (Å²) in [5.74, 6) is -0.410. The molecule has 1 fully saturated rings. The van der Waals surface area contributed by atoms with Crippen molar-refractivity contribution in [3.05, 3.63) is 35.4 Å². The summed E-state index contributed by atoms with van der Waals surface area (Å²) in [5, 5.41) is 0. The van der Waals surface area contributed by atoms with Crippen LogP contribution in [0.2, 0.25) is 0 Å². The monoisotopic (exact) mass is 274 g/mol. The van der Waals surface area contributed by atoms with E-state index in [1.54, 1.807) is 12.1 Å². The van der Waals surface area contributed by atoms with E-state index >= 15 is 0 Å². The molecule has 0 spiro atoms. The summed E-state index contributed by atoms with van der Waals surface area (Å²) in [7, 11) is 0. The molecule has 2 amide bonds. The summed E-state index contributed by atoms with van der Waals surface area (Å²) >= 11 is 0. The topological polar surface area (TPSA) is 57.7 Å². The van der Waals surface area contributed by atoms with Crippen molar-refractivity contribution in [1.82, 2.24) is 9.80 Å². The second-order valence-electron chi connectivity index (χ2n) is 4.90. The lowest BCUT2D eigenvalue weighted by Crippen LogP contribution is -2.54. The van der Waals surface area contributed by atoms with Crippen LogP contribution >= 0.6 is 0 Å². The molecular formula is C15H18N2O3. The van der Waals surface area contributed by atoms with E-state index < -0.39 is 0 Å². The van der Waals surface area contributed by atoms with Gasteiger partial charge in [-0.25, -0.2) is 0 Å². The van der Waals surface area contributed by atoms with E-state index in [2.05, 4.69) is 0 Å². The molecule has 5 nitrogen and oxygen atoms in total. The molecule has 0 saturated carbocycles. The van der Waals surface area contributed by atoms with E-state index in [0.29, 0.717) is 12.1 Å². The number of Topliss-reactive ketones (excluding diaryl/α,β-unsaturated/α-hetero) is 1. The quantitative estimate of drug-likeness (QED) is 0.765. The molecular weight excluding hydrogens is 256 g/mol. The predicted octanol–water partition coefficient (Wildman–Crippen LogP) is 0.868. The molecule has 0 atom stereocenters. The minimum absolute atomic E-state index is 0.00963. The number of amides is 2. The minimum Gasteiger partial charge on any atom is -0.332 e. The zero-order valence-electron chi connectivity index (χ0n) is 11.8. The Balaban J connectivity index is 2.07. The van der Waals surface area contributed by atoms with Gasteiger partial charge in [0, 0.05) is 12.1 Å². The van der Waals surface area contributed by atoms with Crippen molar-refractivity contribution >= 4 is 17.6 Å². The highest BCUT2D eigenvalue weighted by atomic mass is 16.2. The van der Waals surface area contributed by atoms with Crippen LogP contribution in [0.5, 0.6) is 0 Å². The van der Waals surface area contributed by atoms with Gasteiger partial charge in [-0.05, 0) is 19.4 Å². The highest BCUT2D eigenvalue weighted by Crippen LogP contribution is 2.11. The normalized spacial score (nSPS) is 15.7. The smallest absolute Gasteiger partial charge is 0.243 e. The molecule has 1 heterocycles. The SMILES string of the molecule is CCN1CC(=O)N(CC(=O)c2ccccc2C)CC1=O. The third kappa shape index (κ3) is 2.87. The Hall–Kier alpha value is -2.17. The molecule has 0 aliphatic carbocycles. The number of benzene rings is 1. The van der Waals surface area contributed by atoms with Crippen LogP contribution < -0.4 is 0 Å². The number of aryl methyl sites for hydroxylation is 1. The van der Waals surface area contributed by atoms with E-state index in [0.717, 1.165) is 5.56 Å². The van der Waals surface area contributed by atoms with Crippen molar-refractivity contribution in [1.29, 1.82) is 0 Å². The van der Waals surface area contributed by atoms with E-state index in [1.807, 2.05) is 26.0 Å². The van der Waals surface area contributed by atoms with Crippen LogP contribution in [0, 0.1) is 6.92 Å². The zero-order valence-corrected chi connectivity index (χ0v) is 11.8. The number of ketones is 1. The predicted molar refractivity (Wildman–Crippen MR) is 74.3 cm³/mol. The lowest BCUT2D eigenvalue weighted by atomic mass is 10.0. The Morgan fingerprint density at radius 3 is 2.35 bits per heavy atom. The number of nitrogens with zero attached hydrogens (tertiary/aromatic N) is 2. The first-order valence-electron chi connectivity index (χ1n) is 6.67. The molecule has 20 heavy (non-hydrogen) atoms. The van der Waals surface area contributed by atoms with Gasteiger partial charge < -0.3 is 9.80 Å². The molecule has 5 heteroatoms. The Labute approximate surface area is 118 Å². The molecule has 0 aromatic heterocycles. The number of hydrogen-bond donors (Lipinski definition) is 0. The van der Waals surface area contributed by atoms with Gasteiger partial charge in [0.25, 0.3) is 0 Å². The largest absolute Gasteiger partial charge is 0.332 e. The summed E-state index contributed by atoms with van der Waals surface area (Å²) in [6, 6.07) is 7.25. The molecule has 1 aromatic rings. The van der Waals surface area contributed by atoms with Crippen LogP contribution in [0.25, 0.3) is 0 Å². The molecule has 106 valence electrons. The highest BCUT2D eigenvalue weighted by molar-refractivity contribution is 6.02. The van der Waals surface area contributed by atoms with Crippen LogP contribution in [0.3, 0.4) is 0 Å². The van der Waals surface area contributed by atoms with Gasteiger partial charge in [-0.1, -0.05) is 24.3 Å². The van der Waals surface area contributed by atoms with Gasteiger partial charge in [0.15, 0.2) is 5.78 Å². The first kappa shape index (κ1) is 14.2. The lowest BCUT2D eigenvalue weighted by molar-refractivity contribution is -0.149. The van der Waals surface area contributed by atoms with E-state index in [4.69, 9.17) is 0 Å². The Bertz CT molecular complexity index is 554. The molecule has 0 radical (unpaired) electrons. The fourth-order valence-corrected chi connectivity index (χ4v) is 2.28. The van der Waals surface area contributed by atoms with Crippen molar-refractivity contribution in [2.24, 2.45) is 0 Å². The molecule has 0 N–H and O–H groups in total. The van der Waals surface area contributed by atoms with E-state index in [1.165, 1.54) is 9.80 Å². The molecule has 1 aromatic carbocycles. The maximum atomic E-state index is 12.2. The van der Waals surface area contributed by atoms with Crippen molar-refractivity contribution in [3.63, 3.8) is 0 Å². The third-order valence-electron chi connectivity index (χ3n) is 3.52. The van der Waals surface area contributed by atoms with Crippen molar-refractivity contribution < 1.29 is 14.4 Å².